The molecule has 3 aliphatic rings. The lowest BCUT2D eigenvalue weighted by Crippen LogP contribution is -2.54. The lowest BCUT2D eigenvalue weighted by molar-refractivity contribution is -0.131. The highest BCUT2D eigenvalue weighted by Gasteiger charge is 2.45. The van der Waals surface area contributed by atoms with Crippen molar-refractivity contribution in [3.05, 3.63) is 57.8 Å². The zero-order valence-electron chi connectivity index (χ0n) is 17.9. The van der Waals surface area contributed by atoms with Crippen molar-refractivity contribution in [1.82, 2.24) is 9.80 Å². The molecule has 5 heteroatoms. The summed E-state index contributed by atoms with van der Waals surface area (Å²) in [4.78, 5) is 19.7. The molecule has 0 bridgehead atoms. The summed E-state index contributed by atoms with van der Waals surface area (Å²) >= 11 is 1.60. The monoisotopic (exact) mass is 424 g/mol. The maximum absolute atomic E-state index is 12.8. The number of hydrogen-bond donors (Lipinski definition) is 0. The van der Waals surface area contributed by atoms with Gasteiger partial charge >= 0.3 is 0 Å². The quantitative estimate of drug-likeness (QED) is 0.686. The van der Waals surface area contributed by atoms with E-state index in [2.05, 4.69) is 42.2 Å². The molecule has 30 heavy (non-hydrogen) atoms. The first-order valence-electron chi connectivity index (χ1n) is 11.4. The van der Waals surface area contributed by atoms with Crippen molar-refractivity contribution in [1.29, 1.82) is 0 Å². The Kier molecular flexibility index (Phi) is 5.69. The Balaban J connectivity index is 1.23. The Bertz CT molecular complexity index is 868. The van der Waals surface area contributed by atoms with Gasteiger partial charge in [0.25, 0.3) is 5.91 Å². The molecule has 3 heterocycles. The predicted molar refractivity (Wildman–Crippen MR) is 121 cm³/mol. The van der Waals surface area contributed by atoms with Gasteiger partial charge in [0.1, 0.15) is 0 Å². The molecule has 0 radical (unpaired) electrons. The molecule has 2 aliphatic heterocycles. The van der Waals surface area contributed by atoms with Gasteiger partial charge < -0.3 is 9.64 Å². The van der Waals surface area contributed by atoms with E-state index in [1.54, 1.807) is 11.3 Å². The van der Waals surface area contributed by atoms with E-state index in [-0.39, 0.29) is 11.5 Å². The van der Waals surface area contributed by atoms with E-state index in [0.717, 1.165) is 62.8 Å². The number of likely N-dealkylation sites (tertiary alicyclic amines) is 1. The Morgan fingerprint density at radius 1 is 1.10 bits per heavy atom. The van der Waals surface area contributed by atoms with Gasteiger partial charge in [-0.05, 0) is 63.1 Å². The molecule has 1 unspecified atom stereocenters. The number of rotatable bonds is 5. The third-order valence-electron chi connectivity index (χ3n) is 7.07. The SMILES string of the molecule is Cc1ccc(C(=O)N2CCC3(CC2)CC(N(Cc2ccccc2)C2CC2)CCO3)s1. The van der Waals surface area contributed by atoms with Crippen LogP contribution < -0.4 is 0 Å². The van der Waals surface area contributed by atoms with Gasteiger partial charge in [-0.25, -0.2) is 0 Å². The van der Waals surface area contributed by atoms with E-state index < -0.39 is 0 Å². The number of benzene rings is 1. The molecule has 1 saturated carbocycles. The number of thiophene rings is 1. The van der Waals surface area contributed by atoms with Crippen LogP contribution in [0, 0.1) is 6.92 Å². The molecule has 1 aromatic heterocycles. The number of hydrogen-bond acceptors (Lipinski definition) is 4. The highest BCUT2D eigenvalue weighted by molar-refractivity contribution is 7.13. The molecule has 1 aliphatic carbocycles. The first kappa shape index (κ1) is 20.2. The second-order valence-corrected chi connectivity index (χ2v) is 10.6. The second-order valence-electron chi connectivity index (χ2n) is 9.27. The van der Waals surface area contributed by atoms with Crippen molar-refractivity contribution >= 4 is 17.2 Å². The van der Waals surface area contributed by atoms with Crippen LogP contribution in [0.1, 0.15) is 58.6 Å². The van der Waals surface area contributed by atoms with Crippen LogP contribution in [0.25, 0.3) is 0 Å². The summed E-state index contributed by atoms with van der Waals surface area (Å²) in [7, 11) is 0. The lowest BCUT2D eigenvalue weighted by Gasteiger charge is -2.48. The largest absolute Gasteiger partial charge is 0.375 e. The van der Waals surface area contributed by atoms with Crippen LogP contribution in [0.5, 0.6) is 0 Å². The van der Waals surface area contributed by atoms with Gasteiger partial charge in [-0.2, -0.15) is 0 Å². The fourth-order valence-electron chi connectivity index (χ4n) is 5.21. The minimum Gasteiger partial charge on any atom is -0.375 e. The summed E-state index contributed by atoms with van der Waals surface area (Å²) in [5.74, 6) is 0.194. The Morgan fingerprint density at radius 2 is 1.87 bits per heavy atom. The van der Waals surface area contributed by atoms with E-state index in [0.29, 0.717) is 6.04 Å². The molecule has 1 atom stereocenters. The van der Waals surface area contributed by atoms with Crippen molar-refractivity contribution in [2.75, 3.05) is 19.7 Å². The summed E-state index contributed by atoms with van der Waals surface area (Å²) in [6, 6.07) is 16.2. The molecule has 1 amide bonds. The fourth-order valence-corrected chi connectivity index (χ4v) is 6.05. The van der Waals surface area contributed by atoms with E-state index in [1.807, 2.05) is 17.0 Å². The summed E-state index contributed by atoms with van der Waals surface area (Å²) in [5, 5.41) is 0. The normalized spacial score (nSPS) is 23.8. The van der Waals surface area contributed by atoms with Gasteiger partial charge in [0.15, 0.2) is 0 Å². The average molecular weight is 425 g/mol. The van der Waals surface area contributed by atoms with Crippen molar-refractivity contribution in [2.24, 2.45) is 0 Å². The first-order chi connectivity index (χ1) is 14.6. The van der Waals surface area contributed by atoms with E-state index in [4.69, 9.17) is 4.74 Å². The Labute approximate surface area is 183 Å². The average Bonchev–Trinajstić information content (AvgIpc) is 3.52. The molecular formula is C25H32N2O2S. The molecular weight excluding hydrogens is 392 g/mol. The van der Waals surface area contributed by atoms with Crippen LogP contribution in [0.3, 0.4) is 0 Å². The maximum Gasteiger partial charge on any atom is 0.263 e. The van der Waals surface area contributed by atoms with Gasteiger partial charge in [0.05, 0.1) is 10.5 Å². The topological polar surface area (TPSA) is 32.8 Å². The third kappa shape index (κ3) is 4.34. The number of carbonyl (C=O) groups is 1. The minimum atomic E-state index is -0.0467. The molecule has 2 saturated heterocycles. The van der Waals surface area contributed by atoms with Crippen LogP contribution in [0.2, 0.25) is 0 Å². The van der Waals surface area contributed by atoms with Gasteiger partial charge in [0.2, 0.25) is 0 Å². The summed E-state index contributed by atoms with van der Waals surface area (Å²) in [5.41, 5.74) is 1.37. The Morgan fingerprint density at radius 3 is 2.53 bits per heavy atom. The maximum atomic E-state index is 12.8. The number of aryl methyl sites for hydroxylation is 1. The molecule has 3 fully saturated rings. The van der Waals surface area contributed by atoms with Crippen LogP contribution in [0.4, 0.5) is 0 Å². The van der Waals surface area contributed by atoms with Crippen molar-refractivity contribution in [3.8, 4) is 0 Å². The predicted octanol–water partition coefficient (Wildman–Crippen LogP) is 4.87. The van der Waals surface area contributed by atoms with Crippen molar-refractivity contribution in [2.45, 2.75) is 69.7 Å². The van der Waals surface area contributed by atoms with Crippen molar-refractivity contribution in [3.63, 3.8) is 0 Å². The first-order valence-corrected chi connectivity index (χ1v) is 12.2. The minimum absolute atomic E-state index is 0.0467. The molecule has 160 valence electrons. The Hall–Kier alpha value is -1.69. The summed E-state index contributed by atoms with van der Waals surface area (Å²) in [6.45, 7) is 5.58. The number of nitrogens with zero attached hydrogens (tertiary/aromatic N) is 2. The summed E-state index contributed by atoms with van der Waals surface area (Å²) < 4.78 is 6.41. The number of ether oxygens (including phenoxy) is 1. The smallest absolute Gasteiger partial charge is 0.263 e. The molecule has 1 spiro atoms. The van der Waals surface area contributed by atoms with Crippen LogP contribution in [0.15, 0.2) is 42.5 Å². The summed E-state index contributed by atoms with van der Waals surface area (Å²) in [6.07, 6.45) is 6.82. The van der Waals surface area contributed by atoms with Crippen LogP contribution in [-0.4, -0.2) is 53.1 Å². The highest BCUT2D eigenvalue weighted by atomic mass is 32.1. The number of piperidine rings is 1. The van der Waals surface area contributed by atoms with E-state index >= 15 is 0 Å². The number of amides is 1. The lowest BCUT2D eigenvalue weighted by atomic mass is 9.81. The second kappa shape index (κ2) is 8.45. The standard InChI is InChI=1S/C25H32N2O2S/c1-19-7-10-23(30-19)24(28)26-14-12-25(13-15-26)17-22(11-16-29-25)27(21-8-9-21)18-20-5-3-2-4-6-20/h2-7,10,21-22H,8-9,11-18H2,1H3. The highest BCUT2D eigenvalue weighted by Crippen LogP contribution is 2.41. The fraction of sp³-hybridized carbons (Fsp3) is 0.560. The van der Waals surface area contributed by atoms with E-state index in [9.17, 15) is 4.79 Å². The molecule has 0 N–H and O–H groups in total. The van der Waals surface area contributed by atoms with Gasteiger partial charge in [-0.1, -0.05) is 30.3 Å². The van der Waals surface area contributed by atoms with Crippen LogP contribution >= 0.6 is 11.3 Å². The molecule has 1 aromatic carbocycles. The molecule has 4 nitrogen and oxygen atoms in total. The van der Waals surface area contributed by atoms with Crippen molar-refractivity contribution < 1.29 is 9.53 Å². The zero-order valence-corrected chi connectivity index (χ0v) is 18.7. The molecule has 5 rings (SSSR count). The van der Waals surface area contributed by atoms with Gasteiger partial charge in [-0.3, -0.25) is 9.69 Å². The number of carbonyl (C=O) groups excluding carboxylic acids is 1. The van der Waals surface area contributed by atoms with E-state index in [1.165, 1.54) is 23.3 Å². The third-order valence-corrected chi connectivity index (χ3v) is 8.06. The molecule has 2 aromatic rings. The van der Waals surface area contributed by atoms with Crippen LogP contribution in [-0.2, 0) is 11.3 Å². The van der Waals surface area contributed by atoms with Gasteiger partial charge in [0, 0.05) is 43.2 Å². The van der Waals surface area contributed by atoms with Gasteiger partial charge in [-0.15, -0.1) is 11.3 Å². The zero-order chi connectivity index (χ0) is 20.6.